The Bertz CT molecular complexity index is 843. The van der Waals surface area contributed by atoms with Gasteiger partial charge < -0.3 is 29.8 Å². The van der Waals surface area contributed by atoms with Crippen molar-refractivity contribution >= 4 is 5.96 Å². The molecule has 30 heavy (non-hydrogen) atoms. The molecule has 2 unspecified atom stereocenters. The third-order valence-electron chi connectivity index (χ3n) is 5.08. The van der Waals surface area contributed by atoms with Crippen molar-refractivity contribution in [3.63, 3.8) is 0 Å². The summed E-state index contributed by atoms with van der Waals surface area (Å²) < 4.78 is 10.9. The van der Waals surface area contributed by atoms with Crippen LogP contribution in [0.1, 0.15) is 42.5 Å². The molecule has 0 saturated carbocycles. The quantitative estimate of drug-likeness (QED) is 0.431. The molecule has 1 aromatic heterocycles. The van der Waals surface area contributed by atoms with Gasteiger partial charge in [-0.05, 0) is 65.6 Å². The maximum Gasteiger partial charge on any atom is 0.191 e. The Hall–Kier alpha value is -2.51. The summed E-state index contributed by atoms with van der Waals surface area (Å²) in [5.41, 5.74) is 0.805. The molecular weight excluding hydrogens is 380 g/mol. The van der Waals surface area contributed by atoms with E-state index in [1.54, 1.807) is 14.0 Å². The van der Waals surface area contributed by atoms with E-state index in [1.165, 1.54) is 0 Å². The van der Waals surface area contributed by atoms with Crippen LogP contribution in [0.5, 0.6) is 5.75 Å². The molecule has 1 heterocycles. The van der Waals surface area contributed by atoms with Gasteiger partial charge in [-0.2, -0.15) is 0 Å². The largest absolute Gasteiger partial charge is 0.497 e. The van der Waals surface area contributed by atoms with Crippen molar-refractivity contribution < 1.29 is 14.3 Å². The van der Waals surface area contributed by atoms with Gasteiger partial charge in [0.05, 0.1) is 19.7 Å². The molecule has 3 N–H and O–H groups in total. The highest BCUT2D eigenvalue weighted by atomic mass is 16.5. The number of methoxy groups -OCH3 is 1. The van der Waals surface area contributed by atoms with Crippen molar-refractivity contribution in [1.82, 2.24) is 15.5 Å². The molecule has 0 radical (unpaired) electrons. The second kappa shape index (κ2) is 10.5. The van der Waals surface area contributed by atoms with Gasteiger partial charge in [-0.25, -0.2) is 4.99 Å². The summed E-state index contributed by atoms with van der Waals surface area (Å²) in [6.07, 6.45) is 0. The maximum absolute atomic E-state index is 11.0. The molecule has 7 heteroatoms. The van der Waals surface area contributed by atoms with E-state index in [0.29, 0.717) is 12.5 Å². The van der Waals surface area contributed by atoms with Crippen molar-refractivity contribution in [1.29, 1.82) is 0 Å². The van der Waals surface area contributed by atoms with Gasteiger partial charge in [0, 0.05) is 18.7 Å². The summed E-state index contributed by atoms with van der Waals surface area (Å²) in [6, 6.07) is 10.1. The van der Waals surface area contributed by atoms with Crippen LogP contribution in [0.15, 0.2) is 39.7 Å². The number of hydrogen-bond acceptors (Lipinski definition) is 5. The van der Waals surface area contributed by atoms with Gasteiger partial charge in [-0.1, -0.05) is 12.1 Å². The summed E-state index contributed by atoms with van der Waals surface area (Å²) in [7, 11) is 5.77. The predicted molar refractivity (Wildman–Crippen MR) is 121 cm³/mol. The first-order valence-corrected chi connectivity index (χ1v) is 10.3. The topological polar surface area (TPSA) is 82.3 Å². The van der Waals surface area contributed by atoms with Crippen molar-refractivity contribution in [2.45, 2.75) is 39.3 Å². The first-order chi connectivity index (χ1) is 14.2. The molecule has 0 fully saturated rings. The summed E-state index contributed by atoms with van der Waals surface area (Å²) in [5, 5.41) is 17.6. The van der Waals surface area contributed by atoms with E-state index in [-0.39, 0.29) is 12.6 Å². The third-order valence-corrected chi connectivity index (χ3v) is 5.08. The molecule has 7 nitrogen and oxygen atoms in total. The number of aliphatic hydroxyl groups is 1. The van der Waals surface area contributed by atoms with Crippen LogP contribution in [-0.2, 0) is 5.60 Å². The lowest BCUT2D eigenvalue weighted by Gasteiger charge is -2.27. The predicted octanol–water partition coefficient (Wildman–Crippen LogP) is 2.97. The molecule has 0 spiro atoms. The van der Waals surface area contributed by atoms with Crippen molar-refractivity contribution in [3.05, 3.63) is 53.0 Å². The van der Waals surface area contributed by atoms with Crippen LogP contribution in [0, 0.1) is 13.8 Å². The fraction of sp³-hybridized carbons (Fsp3) is 0.522. The van der Waals surface area contributed by atoms with Crippen LogP contribution in [-0.4, -0.2) is 56.8 Å². The average Bonchev–Trinajstić information content (AvgIpc) is 3.05. The number of aliphatic imine (C=N–C) groups is 1. The lowest BCUT2D eigenvalue weighted by molar-refractivity contribution is 0.0657. The Morgan fingerprint density at radius 2 is 2.00 bits per heavy atom. The summed E-state index contributed by atoms with van der Waals surface area (Å²) in [4.78, 5) is 6.78. The number of guanidine groups is 1. The minimum Gasteiger partial charge on any atom is -0.497 e. The minimum absolute atomic E-state index is 0.128. The normalized spacial score (nSPS) is 15.0. The van der Waals surface area contributed by atoms with E-state index >= 15 is 0 Å². The smallest absolute Gasteiger partial charge is 0.191 e. The molecule has 0 amide bonds. The summed E-state index contributed by atoms with van der Waals surface area (Å²) in [5.74, 6) is 2.99. The number of nitrogens with zero attached hydrogens (tertiary/aromatic N) is 2. The van der Waals surface area contributed by atoms with Crippen LogP contribution >= 0.6 is 0 Å². The van der Waals surface area contributed by atoms with Gasteiger partial charge in [0.25, 0.3) is 0 Å². The Labute approximate surface area is 180 Å². The van der Waals surface area contributed by atoms with Gasteiger partial charge in [0.15, 0.2) is 5.96 Å². The highest BCUT2D eigenvalue weighted by Gasteiger charge is 2.27. The second-order valence-corrected chi connectivity index (χ2v) is 7.93. The molecular formula is C23H36N4O3. The van der Waals surface area contributed by atoms with Crippen LogP contribution in [0.25, 0.3) is 0 Å². The fourth-order valence-corrected chi connectivity index (χ4v) is 3.47. The zero-order valence-corrected chi connectivity index (χ0v) is 19.2. The van der Waals surface area contributed by atoms with Gasteiger partial charge in [0.1, 0.15) is 22.9 Å². The highest BCUT2D eigenvalue weighted by Crippen LogP contribution is 2.27. The molecule has 0 aliphatic rings. The second-order valence-electron chi connectivity index (χ2n) is 7.93. The van der Waals surface area contributed by atoms with Crippen molar-refractivity contribution in [2.24, 2.45) is 4.99 Å². The lowest BCUT2D eigenvalue weighted by Crippen LogP contribution is -2.42. The number of nitrogens with one attached hydrogen (secondary N) is 2. The molecule has 0 bridgehead atoms. The van der Waals surface area contributed by atoms with E-state index in [2.05, 4.69) is 26.6 Å². The van der Waals surface area contributed by atoms with E-state index in [1.807, 2.05) is 59.1 Å². The Kier molecular flexibility index (Phi) is 8.32. The first kappa shape index (κ1) is 23.8. The molecule has 2 atom stereocenters. The molecule has 2 rings (SSSR count). The summed E-state index contributed by atoms with van der Waals surface area (Å²) >= 11 is 0. The summed E-state index contributed by atoms with van der Waals surface area (Å²) in [6.45, 7) is 9.11. The number of benzene rings is 1. The van der Waals surface area contributed by atoms with E-state index in [4.69, 9.17) is 9.15 Å². The number of likely N-dealkylation sites (N-methyl/N-ethyl adjacent to an activating group) is 1. The molecule has 0 aliphatic heterocycles. The molecule has 166 valence electrons. The van der Waals surface area contributed by atoms with E-state index in [9.17, 15) is 5.11 Å². The number of furan rings is 1. The molecule has 0 aliphatic carbocycles. The monoisotopic (exact) mass is 416 g/mol. The Balaban J connectivity index is 2.13. The SMILES string of the molecule is CCNC(=NCC(C)(O)c1cc(C)oc1C)NCC(c1cccc(OC)c1)N(C)C. The maximum atomic E-state index is 11.0. The van der Waals surface area contributed by atoms with Crippen LogP contribution in [0.4, 0.5) is 0 Å². The van der Waals surface area contributed by atoms with Crippen LogP contribution < -0.4 is 15.4 Å². The zero-order valence-electron chi connectivity index (χ0n) is 19.2. The first-order valence-electron chi connectivity index (χ1n) is 10.3. The fourth-order valence-electron chi connectivity index (χ4n) is 3.47. The number of hydrogen-bond donors (Lipinski definition) is 3. The average molecular weight is 417 g/mol. The van der Waals surface area contributed by atoms with Crippen molar-refractivity contribution in [3.8, 4) is 5.75 Å². The van der Waals surface area contributed by atoms with E-state index < -0.39 is 5.60 Å². The van der Waals surface area contributed by atoms with Gasteiger partial charge in [-0.3, -0.25) is 0 Å². The molecule has 1 aromatic carbocycles. The minimum atomic E-state index is -1.11. The van der Waals surface area contributed by atoms with Crippen LogP contribution in [0.2, 0.25) is 0 Å². The Morgan fingerprint density at radius 3 is 2.57 bits per heavy atom. The Morgan fingerprint density at radius 1 is 1.27 bits per heavy atom. The molecule has 0 saturated heterocycles. The van der Waals surface area contributed by atoms with E-state index in [0.717, 1.165) is 34.9 Å². The van der Waals surface area contributed by atoms with Crippen molar-refractivity contribution in [2.75, 3.05) is 40.8 Å². The lowest BCUT2D eigenvalue weighted by atomic mass is 9.96. The number of ether oxygens (including phenoxy) is 1. The number of aryl methyl sites for hydroxylation is 2. The zero-order chi connectivity index (χ0) is 22.3. The van der Waals surface area contributed by atoms with Crippen LogP contribution in [0.3, 0.4) is 0 Å². The van der Waals surface area contributed by atoms with Gasteiger partial charge in [0.2, 0.25) is 0 Å². The van der Waals surface area contributed by atoms with Gasteiger partial charge in [-0.15, -0.1) is 0 Å². The number of rotatable bonds is 9. The third kappa shape index (κ3) is 6.24. The standard InChI is InChI=1S/C23H36N4O3/c1-8-24-22(26-15-23(4,28)20-12-16(2)30-17(20)3)25-14-21(27(5)6)18-10-9-11-19(13-18)29-7/h9-13,21,28H,8,14-15H2,1-7H3,(H2,24,25,26). The van der Waals surface area contributed by atoms with Gasteiger partial charge >= 0.3 is 0 Å². The highest BCUT2D eigenvalue weighted by molar-refractivity contribution is 5.79. The molecule has 2 aromatic rings.